The smallest absolute Gasteiger partial charge is 0.0959 e. The molecule has 0 aliphatic heterocycles. The molecule has 0 spiro atoms. The Morgan fingerprint density at radius 2 is 1.80 bits per heavy atom. The number of fused-ring (bicyclic) bond motifs is 1. The molecule has 0 amide bonds. The number of aromatic nitrogens is 2. The second-order valence-corrected chi connectivity index (χ2v) is 8.97. The maximum atomic E-state index is 10.4. The molecule has 134 valence electrons. The molecule has 1 aromatic carbocycles. The minimum Gasteiger partial charge on any atom is -0.389 e. The lowest BCUT2D eigenvalue weighted by Crippen LogP contribution is -2.48. The van der Waals surface area contributed by atoms with Crippen LogP contribution in [0.25, 0.3) is 11.0 Å². The molecule has 4 nitrogen and oxygen atoms in total. The van der Waals surface area contributed by atoms with Crippen LogP contribution in [0.1, 0.15) is 38.5 Å². The first kappa shape index (κ1) is 15.8. The van der Waals surface area contributed by atoms with Crippen LogP contribution in [0.4, 0.5) is 0 Å². The first-order valence-corrected chi connectivity index (χ1v) is 9.85. The zero-order chi connectivity index (χ0) is 16.9. The molecule has 0 unspecified atom stereocenters. The van der Waals surface area contributed by atoms with E-state index >= 15 is 0 Å². The summed E-state index contributed by atoms with van der Waals surface area (Å²) in [7, 11) is 0. The van der Waals surface area contributed by atoms with E-state index < -0.39 is 6.10 Å². The number of nitrogens with zero attached hydrogens (tertiary/aromatic N) is 2. The Morgan fingerprint density at radius 1 is 1.12 bits per heavy atom. The molecular formula is C21H28N2O2. The number of aliphatic hydroxyl groups excluding tert-OH is 1. The fourth-order valence-electron chi connectivity index (χ4n) is 6.31. The summed E-state index contributed by atoms with van der Waals surface area (Å²) in [6, 6.07) is 8.05. The number of ether oxygens (including phenoxy) is 1. The monoisotopic (exact) mass is 340 g/mol. The predicted octanol–water partition coefficient (Wildman–Crippen LogP) is 3.63. The second-order valence-electron chi connectivity index (χ2n) is 8.97. The van der Waals surface area contributed by atoms with Gasteiger partial charge in [-0.25, -0.2) is 4.98 Å². The lowest BCUT2D eigenvalue weighted by atomic mass is 9.50. The van der Waals surface area contributed by atoms with Gasteiger partial charge < -0.3 is 14.4 Å². The SMILES string of the molecule is O[C@@H](COCC12CC3CC(CC(C3)C1)C2)Cn1cnc2ccccc21. The van der Waals surface area contributed by atoms with Crippen LogP contribution in [-0.2, 0) is 11.3 Å². The zero-order valence-electron chi connectivity index (χ0n) is 14.8. The van der Waals surface area contributed by atoms with Crippen LogP contribution < -0.4 is 0 Å². The summed E-state index contributed by atoms with van der Waals surface area (Å²) < 4.78 is 8.08. The molecule has 4 aliphatic carbocycles. The fraction of sp³-hybridized carbons (Fsp3) is 0.667. The Morgan fingerprint density at radius 3 is 2.52 bits per heavy atom. The standard InChI is InChI=1S/C21H28N2O2/c24-18(11-23-14-22-19-3-1-2-4-20(19)23)12-25-13-21-8-15-5-16(9-21)7-17(6-15)10-21/h1-4,14-18,24H,5-13H2/t15?,16?,17?,18-,21?/m1/s1. The van der Waals surface area contributed by atoms with Gasteiger partial charge in [-0.15, -0.1) is 0 Å². The van der Waals surface area contributed by atoms with Gasteiger partial charge in [0.15, 0.2) is 0 Å². The summed E-state index contributed by atoms with van der Waals surface area (Å²) >= 11 is 0. The van der Waals surface area contributed by atoms with Crippen molar-refractivity contribution < 1.29 is 9.84 Å². The van der Waals surface area contributed by atoms with Crippen molar-refractivity contribution in [1.29, 1.82) is 0 Å². The number of benzene rings is 1. The largest absolute Gasteiger partial charge is 0.389 e. The average molecular weight is 340 g/mol. The highest BCUT2D eigenvalue weighted by molar-refractivity contribution is 5.74. The topological polar surface area (TPSA) is 47.3 Å². The van der Waals surface area contributed by atoms with E-state index in [1.165, 1.54) is 38.5 Å². The van der Waals surface area contributed by atoms with Crippen molar-refractivity contribution in [1.82, 2.24) is 9.55 Å². The quantitative estimate of drug-likeness (QED) is 0.873. The van der Waals surface area contributed by atoms with Gasteiger partial charge in [-0.3, -0.25) is 0 Å². The van der Waals surface area contributed by atoms with Gasteiger partial charge in [-0.1, -0.05) is 12.1 Å². The maximum absolute atomic E-state index is 10.4. The second kappa shape index (κ2) is 6.10. The van der Waals surface area contributed by atoms with Crippen molar-refractivity contribution >= 4 is 11.0 Å². The Balaban J connectivity index is 1.17. The normalized spacial score (nSPS) is 34.7. The molecule has 0 saturated heterocycles. The van der Waals surface area contributed by atoms with E-state index in [-0.39, 0.29) is 0 Å². The third-order valence-electron chi connectivity index (χ3n) is 6.82. The van der Waals surface area contributed by atoms with Crippen LogP contribution in [-0.4, -0.2) is 34.0 Å². The van der Waals surface area contributed by atoms with Gasteiger partial charge in [-0.05, 0) is 73.8 Å². The van der Waals surface area contributed by atoms with Gasteiger partial charge in [0.25, 0.3) is 0 Å². The summed E-state index contributed by atoms with van der Waals surface area (Å²) in [5, 5.41) is 10.4. The van der Waals surface area contributed by atoms with Crippen LogP contribution in [0.15, 0.2) is 30.6 Å². The van der Waals surface area contributed by atoms with Crippen molar-refractivity contribution in [2.75, 3.05) is 13.2 Å². The van der Waals surface area contributed by atoms with E-state index in [9.17, 15) is 5.11 Å². The Hall–Kier alpha value is -1.39. The molecule has 1 heterocycles. The van der Waals surface area contributed by atoms with E-state index in [0.29, 0.717) is 18.6 Å². The van der Waals surface area contributed by atoms with E-state index in [2.05, 4.69) is 4.98 Å². The predicted molar refractivity (Wildman–Crippen MR) is 97.2 cm³/mol. The average Bonchev–Trinajstić information content (AvgIpc) is 2.96. The molecule has 2 aromatic rings. The van der Waals surface area contributed by atoms with Gasteiger partial charge in [0.05, 0.1) is 43.2 Å². The molecule has 4 heteroatoms. The number of para-hydroxylation sites is 2. The van der Waals surface area contributed by atoms with Crippen LogP contribution in [0.5, 0.6) is 0 Å². The third kappa shape index (κ3) is 3.00. The van der Waals surface area contributed by atoms with Crippen molar-refractivity contribution in [3.8, 4) is 0 Å². The summed E-state index contributed by atoms with van der Waals surface area (Å²) in [6.45, 7) is 1.81. The molecule has 1 atom stereocenters. The van der Waals surface area contributed by atoms with Crippen LogP contribution >= 0.6 is 0 Å². The molecule has 0 radical (unpaired) electrons. The number of imidazole rings is 1. The molecule has 1 aromatic heterocycles. The van der Waals surface area contributed by atoms with Crippen molar-refractivity contribution in [3.05, 3.63) is 30.6 Å². The van der Waals surface area contributed by atoms with Crippen molar-refractivity contribution in [2.24, 2.45) is 23.2 Å². The molecule has 6 rings (SSSR count). The number of rotatable bonds is 6. The highest BCUT2D eigenvalue weighted by Gasteiger charge is 2.50. The first-order chi connectivity index (χ1) is 12.2. The highest BCUT2D eigenvalue weighted by atomic mass is 16.5. The molecule has 25 heavy (non-hydrogen) atoms. The van der Waals surface area contributed by atoms with Gasteiger partial charge in [0, 0.05) is 0 Å². The zero-order valence-corrected chi connectivity index (χ0v) is 14.8. The van der Waals surface area contributed by atoms with E-state index in [1.54, 1.807) is 0 Å². The molecule has 4 fully saturated rings. The van der Waals surface area contributed by atoms with Gasteiger partial charge in [-0.2, -0.15) is 0 Å². The number of aliphatic hydroxyl groups is 1. The molecule has 4 bridgehead atoms. The molecular weight excluding hydrogens is 312 g/mol. The van der Waals surface area contributed by atoms with E-state index in [0.717, 1.165) is 35.4 Å². The Kier molecular flexibility index (Phi) is 3.86. The third-order valence-corrected chi connectivity index (χ3v) is 6.82. The lowest BCUT2D eigenvalue weighted by Gasteiger charge is -2.56. The number of hydrogen-bond donors (Lipinski definition) is 1. The van der Waals surface area contributed by atoms with Gasteiger partial charge >= 0.3 is 0 Å². The Labute approximate surface area is 149 Å². The van der Waals surface area contributed by atoms with Crippen LogP contribution in [0.3, 0.4) is 0 Å². The molecule has 4 aliphatic rings. The lowest BCUT2D eigenvalue weighted by molar-refractivity contribution is -0.106. The minimum absolute atomic E-state index is 0.425. The first-order valence-electron chi connectivity index (χ1n) is 9.85. The maximum Gasteiger partial charge on any atom is 0.0959 e. The van der Waals surface area contributed by atoms with E-state index in [1.807, 2.05) is 35.2 Å². The van der Waals surface area contributed by atoms with E-state index in [4.69, 9.17) is 4.74 Å². The van der Waals surface area contributed by atoms with Gasteiger partial charge in [0.1, 0.15) is 0 Å². The molecule has 4 saturated carbocycles. The summed E-state index contributed by atoms with van der Waals surface area (Å²) in [5.41, 5.74) is 2.47. The van der Waals surface area contributed by atoms with Crippen molar-refractivity contribution in [2.45, 2.75) is 51.2 Å². The summed E-state index contributed by atoms with van der Waals surface area (Å²) in [4.78, 5) is 4.39. The summed E-state index contributed by atoms with van der Waals surface area (Å²) in [6.07, 6.45) is 9.82. The fourth-order valence-corrected chi connectivity index (χ4v) is 6.31. The minimum atomic E-state index is -0.480. The van der Waals surface area contributed by atoms with Crippen LogP contribution in [0.2, 0.25) is 0 Å². The van der Waals surface area contributed by atoms with Gasteiger partial charge in [0.2, 0.25) is 0 Å². The van der Waals surface area contributed by atoms with Crippen LogP contribution in [0, 0.1) is 23.2 Å². The number of hydrogen-bond acceptors (Lipinski definition) is 3. The van der Waals surface area contributed by atoms with Crippen molar-refractivity contribution in [3.63, 3.8) is 0 Å². The highest BCUT2D eigenvalue weighted by Crippen LogP contribution is 2.60. The Bertz CT molecular complexity index is 718. The molecule has 1 N–H and O–H groups in total. The summed E-state index contributed by atoms with van der Waals surface area (Å²) in [5.74, 6) is 2.87.